The van der Waals surface area contributed by atoms with Crippen molar-refractivity contribution in [3.05, 3.63) is 114 Å². The topological polar surface area (TPSA) is 119 Å². The van der Waals surface area contributed by atoms with E-state index in [-0.39, 0.29) is 19.0 Å². The molecule has 0 saturated carbocycles. The molecule has 3 N–H and O–H groups in total. The van der Waals surface area contributed by atoms with Crippen LogP contribution in [0, 0.1) is 0 Å². The molecular formula is C32H32N4O5. The Bertz CT molecular complexity index is 1480. The van der Waals surface area contributed by atoms with E-state index in [9.17, 15) is 14.4 Å². The van der Waals surface area contributed by atoms with Gasteiger partial charge in [0, 0.05) is 17.7 Å². The van der Waals surface area contributed by atoms with Gasteiger partial charge in [-0.1, -0.05) is 72.8 Å². The fourth-order valence-electron chi connectivity index (χ4n) is 3.74. The summed E-state index contributed by atoms with van der Waals surface area (Å²) < 4.78 is 10.6. The van der Waals surface area contributed by atoms with Gasteiger partial charge in [-0.25, -0.2) is 14.6 Å². The molecule has 4 rings (SSSR count). The third kappa shape index (κ3) is 8.93. The van der Waals surface area contributed by atoms with Crippen molar-refractivity contribution in [2.24, 2.45) is 0 Å². The second kappa shape index (κ2) is 13.3. The van der Waals surface area contributed by atoms with Gasteiger partial charge in [0.25, 0.3) is 5.91 Å². The number of aromatic nitrogens is 1. The van der Waals surface area contributed by atoms with Gasteiger partial charge in [-0.2, -0.15) is 0 Å². The van der Waals surface area contributed by atoms with E-state index in [2.05, 4.69) is 20.9 Å². The summed E-state index contributed by atoms with van der Waals surface area (Å²) in [7, 11) is 0. The zero-order valence-electron chi connectivity index (χ0n) is 23.1. The Kier molecular flexibility index (Phi) is 9.32. The molecule has 210 valence electrons. The summed E-state index contributed by atoms with van der Waals surface area (Å²) in [5.74, 6) is -0.245. The highest BCUT2D eigenvalue weighted by Crippen LogP contribution is 2.26. The van der Waals surface area contributed by atoms with E-state index in [0.29, 0.717) is 16.9 Å². The summed E-state index contributed by atoms with van der Waals surface area (Å²) in [6.45, 7) is 5.70. The van der Waals surface area contributed by atoms with Crippen LogP contribution in [0.1, 0.15) is 42.3 Å². The monoisotopic (exact) mass is 552 g/mol. The maximum atomic E-state index is 13.1. The van der Waals surface area contributed by atoms with Gasteiger partial charge in [0.2, 0.25) is 0 Å². The normalized spacial score (nSPS) is 10.8. The number of hydrogen-bond acceptors (Lipinski definition) is 6. The molecule has 0 atom stereocenters. The molecule has 0 radical (unpaired) electrons. The average Bonchev–Trinajstić information content (AvgIpc) is 2.96. The third-order valence-corrected chi connectivity index (χ3v) is 5.70. The summed E-state index contributed by atoms with van der Waals surface area (Å²) >= 11 is 0. The highest BCUT2D eigenvalue weighted by Gasteiger charge is 2.19. The Balaban J connectivity index is 1.41. The van der Waals surface area contributed by atoms with Gasteiger partial charge in [0.1, 0.15) is 12.2 Å². The average molecular weight is 553 g/mol. The van der Waals surface area contributed by atoms with E-state index in [1.54, 1.807) is 57.2 Å². The minimum absolute atomic E-state index is 0.175. The number of anilines is 2. The summed E-state index contributed by atoms with van der Waals surface area (Å²) in [4.78, 5) is 42.2. The number of pyridine rings is 1. The number of ether oxygens (including phenoxy) is 2. The molecule has 9 heteroatoms. The maximum Gasteiger partial charge on any atom is 0.412 e. The molecule has 0 aliphatic rings. The van der Waals surface area contributed by atoms with E-state index in [1.807, 2.05) is 60.7 Å². The number of alkyl carbamates (subject to hydrolysis) is 1. The highest BCUT2D eigenvalue weighted by molar-refractivity contribution is 6.06. The van der Waals surface area contributed by atoms with Gasteiger partial charge < -0.3 is 20.1 Å². The maximum absolute atomic E-state index is 13.1. The summed E-state index contributed by atoms with van der Waals surface area (Å²) in [5.41, 5.74) is 3.13. The Labute approximate surface area is 238 Å². The van der Waals surface area contributed by atoms with Gasteiger partial charge in [0.15, 0.2) is 5.82 Å². The van der Waals surface area contributed by atoms with Gasteiger partial charge in [-0.15, -0.1) is 0 Å². The first-order valence-electron chi connectivity index (χ1n) is 13.1. The Morgan fingerprint density at radius 3 is 2.05 bits per heavy atom. The van der Waals surface area contributed by atoms with Crippen LogP contribution in [-0.2, 0) is 22.6 Å². The van der Waals surface area contributed by atoms with E-state index in [1.165, 1.54) is 0 Å². The van der Waals surface area contributed by atoms with Crippen LogP contribution in [0.15, 0.2) is 97.1 Å². The molecule has 3 aromatic carbocycles. The second-order valence-electron chi connectivity index (χ2n) is 10.2. The molecule has 1 heterocycles. The molecule has 0 fully saturated rings. The highest BCUT2D eigenvalue weighted by atomic mass is 16.6. The lowest BCUT2D eigenvalue weighted by atomic mass is 10.1. The molecule has 41 heavy (non-hydrogen) atoms. The molecule has 0 aliphatic heterocycles. The molecule has 0 spiro atoms. The van der Waals surface area contributed by atoms with E-state index in [4.69, 9.17) is 9.47 Å². The minimum atomic E-state index is -0.694. The number of hydrogen-bond donors (Lipinski definition) is 3. The van der Waals surface area contributed by atoms with Gasteiger partial charge in [0.05, 0.1) is 11.4 Å². The van der Waals surface area contributed by atoms with Crippen LogP contribution in [0.5, 0.6) is 0 Å². The first kappa shape index (κ1) is 28.8. The Morgan fingerprint density at radius 1 is 0.732 bits per heavy atom. The minimum Gasteiger partial charge on any atom is -0.445 e. The van der Waals surface area contributed by atoms with Crippen LogP contribution < -0.4 is 16.0 Å². The van der Waals surface area contributed by atoms with Crippen molar-refractivity contribution in [1.29, 1.82) is 0 Å². The van der Waals surface area contributed by atoms with E-state index in [0.717, 1.165) is 16.7 Å². The molecule has 0 bridgehead atoms. The van der Waals surface area contributed by atoms with Crippen molar-refractivity contribution in [2.75, 3.05) is 10.6 Å². The van der Waals surface area contributed by atoms with Crippen molar-refractivity contribution in [3.8, 4) is 11.3 Å². The van der Waals surface area contributed by atoms with Crippen LogP contribution >= 0.6 is 0 Å². The predicted octanol–water partition coefficient (Wildman–Crippen LogP) is 6.77. The number of nitrogens with zero attached hydrogens (tertiary/aromatic N) is 1. The van der Waals surface area contributed by atoms with Crippen molar-refractivity contribution < 1.29 is 23.9 Å². The van der Waals surface area contributed by atoms with Crippen LogP contribution in [0.25, 0.3) is 11.3 Å². The smallest absolute Gasteiger partial charge is 0.412 e. The molecule has 3 amide bonds. The number of nitrogens with one attached hydrogen (secondary N) is 3. The lowest BCUT2D eigenvalue weighted by Gasteiger charge is -2.20. The van der Waals surface area contributed by atoms with Crippen LogP contribution in [-0.4, -0.2) is 28.7 Å². The molecule has 0 unspecified atom stereocenters. The number of rotatable bonds is 8. The summed E-state index contributed by atoms with van der Waals surface area (Å²) in [6.07, 6.45) is -1.20. The van der Waals surface area contributed by atoms with Gasteiger partial charge in [-0.3, -0.25) is 10.1 Å². The largest absolute Gasteiger partial charge is 0.445 e. The van der Waals surface area contributed by atoms with Gasteiger partial charge in [-0.05, 0) is 56.2 Å². The third-order valence-electron chi connectivity index (χ3n) is 5.70. The molecule has 0 aliphatic carbocycles. The van der Waals surface area contributed by atoms with Crippen molar-refractivity contribution >= 4 is 29.6 Å². The quantitative estimate of drug-likeness (QED) is 0.222. The number of carbonyl (C=O) groups is 3. The molecule has 4 aromatic rings. The van der Waals surface area contributed by atoms with Crippen molar-refractivity contribution in [3.63, 3.8) is 0 Å². The van der Waals surface area contributed by atoms with Crippen LogP contribution in [0.4, 0.5) is 21.1 Å². The lowest BCUT2D eigenvalue weighted by Crippen LogP contribution is -2.27. The Hall–Kier alpha value is -5.18. The van der Waals surface area contributed by atoms with Crippen LogP contribution in [0.3, 0.4) is 0 Å². The summed E-state index contributed by atoms with van der Waals surface area (Å²) in [5, 5.41) is 8.16. The van der Waals surface area contributed by atoms with Gasteiger partial charge >= 0.3 is 12.2 Å². The zero-order valence-corrected chi connectivity index (χ0v) is 23.1. The number of amides is 3. The molecular weight excluding hydrogens is 520 g/mol. The van der Waals surface area contributed by atoms with E-state index >= 15 is 0 Å². The lowest BCUT2D eigenvalue weighted by molar-refractivity contribution is 0.0635. The molecule has 9 nitrogen and oxygen atoms in total. The molecule has 1 aromatic heterocycles. The first-order valence-corrected chi connectivity index (χ1v) is 13.1. The number of benzene rings is 3. The van der Waals surface area contributed by atoms with E-state index < -0.39 is 23.7 Å². The predicted molar refractivity (Wildman–Crippen MR) is 157 cm³/mol. The molecule has 0 saturated heterocycles. The van der Waals surface area contributed by atoms with Crippen molar-refractivity contribution in [2.45, 2.75) is 39.5 Å². The fraction of sp³-hybridized carbons (Fsp3) is 0.188. The van der Waals surface area contributed by atoms with Crippen LogP contribution in [0.2, 0.25) is 0 Å². The Morgan fingerprint density at radius 2 is 1.39 bits per heavy atom. The SMILES string of the molecule is CC(C)(C)OC(=O)Nc1ccc(-c2ccccc2)nc1NC(=O)c1ccc(CNC(=O)OCc2ccccc2)cc1. The summed E-state index contributed by atoms with van der Waals surface area (Å²) in [6, 6.07) is 29.1. The zero-order chi connectivity index (χ0) is 29.2. The first-order chi connectivity index (χ1) is 19.7. The fourth-order valence-corrected chi connectivity index (χ4v) is 3.74. The number of carbonyl (C=O) groups excluding carboxylic acids is 3. The second-order valence-corrected chi connectivity index (χ2v) is 10.2. The standard InChI is InChI=1S/C32H32N4O5/c1-32(2,3)41-31(39)35-27-19-18-26(24-12-8-5-9-13-24)34-28(27)36-29(37)25-16-14-22(15-17-25)20-33-30(38)40-21-23-10-6-4-7-11-23/h4-19H,20-21H2,1-3H3,(H,33,38)(H,35,39)(H,34,36,37). The van der Waals surface area contributed by atoms with Crippen molar-refractivity contribution in [1.82, 2.24) is 10.3 Å².